The van der Waals surface area contributed by atoms with Gasteiger partial charge in [-0.1, -0.05) is 42.5 Å². The van der Waals surface area contributed by atoms with Crippen LogP contribution < -0.4 is 0 Å². The van der Waals surface area contributed by atoms with Gasteiger partial charge in [0, 0.05) is 25.0 Å². The van der Waals surface area contributed by atoms with Crippen molar-refractivity contribution in [1.82, 2.24) is 4.83 Å². The van der Waals surface area contributed by atoms with Crippen molar-refractivity contribution in [3.05, 3.63) is 48.0 Å². The van der Waals surface area contributed by atoms with E-state index in [1.165, 1.54) is 14.2 Å². The third-order valence-electron chi connectivity index (χ3n) is 6.04. The van der Waals surface area contributed by atoms with E-state index >= 15 is 0 Å². The fourth-order valence-electron chi connectivity index (χ4n) is 4.14. The summed E-state index contributed by atoms with van der Waals surface area (Å²) in [5.41, 5.74) is 0.962. The van der Waals surface area contributed by atoms with Crippen molar-refractivity contribution in [2.24, 2.45) is 11.8 Å². The Kier molecular flexibility index (Phi) is 11.0. The maximum Gasteiger partial charge on any atom is 0.305 e. The summed E-state index contributed by atoms with van der Waals surface area (Å²) in [6.07, 6.45) is 5.35. The number of esters is 1. The molecule has 0 spiro atoms. The van der Waals surface area contributed by atoms with E-state index < -0.39 is 25.6 Å². The maximum atomic E-state index is 13.0. The Bertz CT molecular complexity index is 773. The van der Waals surface area contributed by atoms with Gasteiger partial charge in [0.1, 0.15) is 0 Å². The number of methoxy groups -OCH3 is 1. The first-order chi connectivity index (χ1) is 15.3. The van der Waals surface area contributed by atoms with Crippen LogP contribution in [-0.2, 0) is 25.4 Å². The van der Waals surface area contributed by atoms with Gasteiger partial charge in [0.25, 0.3) is 7.52 Å². The molecule has 180 valence electrons. The van der Waals surface area contributed by atoms with Crippen molar-refractivity contribution in [2.75, 3.05) is 26.9 Å². The summed E-state index contributed by atoms with van der Waals surface area (Å²) in [6, 6.07) is 9.47. The zero-order valence-electron chi connectivity index (χ0n) is 18.9. The van der Waals surface area contributed by atoms with Crippen LogP contribution in [-0.4, -0.2) is 65.0 Å². The SMILES string of the molecule is COC(=O)CCC/C=C\CC1[C@H](O)C[C@H](O)[C@H]1CN(OC)P(=O)(O)CCc1ccccc1. The van der Waals surface area contributed by atoms with Gasteiger partial charge >= 0.3 is 5.97 Å². The number of hydrogen-bond acceptors (Lipinski definition) is 6. The van der Waals surface area contributed by atoms with Crippen molar-refractivity contribution < 1.29 is 34.0 Å². The van der Waals surface area contributed by atoms with Gasteiger partial charge in [0.05, 0.1) is 26.4 Å². The average Bonchev–Trinajstić information content (AvgIpc) is 3.05. The predicted octanol–water partition coefficient (Wildman–Crippen LogP) is 2.93. The lowest BCUT2D eigenvalue weighted by atomic mass is 9.90. The molecule has 0 aromatic heterocycles. The van der Waals surface area contributed by atoms with Gasteiger partial charge < -0.3 is 19.8 Å². The van der Waals surface area contributed by atoms with Crippen LogP contribution in [0.1, 0.15) is 37.7 Å². The number of ether oxygens (including phenoxy) is 1. The molecule has 0 saturated heterocycles. The highest BCUT2D eigenvalue weighted by atomic mass is 31.2. The predicted molar refractivity (Wildman–Crippen MR) is 122 cm³/mol. The second-order valence-corrected chi connectivity index (χ2v) is 10.4. The summed E-state index contributed by atoms with van der Waals surface area (Å²) in [5.74, 6) is -0.899. The molecule has 5 atom stereocenters. The first-order valence-corrected chi connectivity index (χ1v) is 12.8. The minimum Gasteiger partial charge on any atom is -0.469 e. The van der Waals surface area contributed by atoms with E-state index in [1.807, 2.05) is 42.5 Å². The van der Waals surface area contributed by atoms with Crippen LogP contribution >= 0.6 is 7.52 Å². The van der Waals surface area contributed by atoms with Crippen LogP contribution in [0.5, 0.6) is 0 Å². The summed E-state index contributed by atoms with van der Waals surface area (Å²) in [4.78, 5) is 28.1. The normalized spacial score (nSPS) is 25.3. The number of allylic oxidation sites excluding steroid dienone is 2. The summed E-state index contributed by atoms with van der Waals surface area (Å²) in [6.45, 7) is 0.0537. The molecule has 1 aliphatic rings. The number of aliphatic hydroxyl groups excluding tert-OH is 2. The van der Waals surface area contributed by atoms with E-state index in [9.17, 15) is 24.5 Å². The van der Waals surface area contributed by atoms with Crippen molar-refractivity contribution in [1.29, 1.82) is 0 Å². The molecular formula is C23H36NO7P. The molecule has 0 aliphatic heterocycles. The second-order valence-electron chi connectivity index (χ2n) is 8.21. The molecule has 1 aliphatic carbocycles. The number of unbranched alkanes of at least 4 members (excludes halogenated alkanes) is 1. The second kappa shape index (κ2) is 13.2. The highest BCUT2D eigenvalue weighted by Gasteiger charge is 2.44. The number of rotatable bonds is 13. The Morgan fingerprint density at radius 1 is 1.16 bits per heavy atom. The Morgan fingerprint density at radius 3 is 2.50 bits per heavy atom. The van der Waals surface area contributed by atoms with Crippen molar-refractivity contribution in [2.45, 2.75) is 50.7 Å². The monoisotopic (exact) mass is 469 g/mol. The molecular weight excluding hydrogens is 433 g/mol. The average molecular weight is 470 g/mol. The van der Waals surface area contributed by atoms with Gasteiger partial charge in [-0.05, 0) is 43.6 Å². The smallest absolute Gasteiger partial charge is 0.305 e. The summed E-state index contributed by atoms with van der Waals surface area (Å²) in [5, 5.41) is 20.9. The molecule has 1 aromatic rings. The van der Waals surface area contributed by atoms with Gasteiger partial charge in [-0.3, -0.25) is 14.2 Å². The van der Waals surface area contributed by atoms with Gasteiger partial charge in [0.15, 0.2) is 0 Å². The molecule has 1 aromatic carbocycles. The van der Waals surface area contributed by atoms with Crippen LogP contribution in [0.15, 0.2) is 42.5 Å². The zero-order chi connectivity index (χ0) is 23.6. The van der Waals surface area contributed by atoms with E-state index in [4.69, 9.17) is 4.84 Å². The topological polar surface area (TPSA) is 117 Å². The van der Waals surface area contributed by atoms with Gasteiger partial charge in [-0.15, -0.1) is 4.83 Å². The van der Waals surface area contributed by atoms with E-state index in [1.54, 1.807) is 0 Å². The third kappa shape index (κ3) is 8.10. The molecule has 2 unspecified atom stereocenters. The number of nitrogens with zero attached hydrogens (tertiary/aromatic N) is 1. The van der Waals surface area contributed by atoms with E-state index in [2.05, 4.69) is 4.74 Å². The van der Waals surface area contributed by atoms with Gasteiger partial charge in [-0.2, -0.15) is 0 Å². The molecule has 9 heteroatoms. The molecule has 0 amide bonds. The third-order valence-corrected chi connectivity index (χ3v) is 7.87. The fourth-order valence-corrected chi connectivity index (χ4v) is 5.61. The van der Waals surface area contributed by atoms with Crippen LogP contribution in [0.3, 0.4) is 0 Å². The molecule has 1 fully saturated rings. The Balaban J connectivity index is 1.93. The number of benzene rings is 1. The number of carbonyl (C=O) groups excluding carboxylic acids is 1. The van der Waals surface area contributed by atoms with Gasteiger partial charge in [-0.25, -0.2) is 0 Å². The Hall–Kier alpha value is -1.54. The zero-order valence-corrected chi connectivity index (χ0v) is 19.8. The lowest BCUT2D eigenvalue weighted by Gasteiger charge is -2.31. The van der Waals surface area contributed by atoms with Crippen LogP contribution in [0.2, 0.25) is 0 Å². The van der Waals surface area contributed by atoms with Gasteiger partial charge in [0.2, 0.25) is 0 Å². The standard InChI is InChI=1S/C23H36NO7P/c1-30-23(27)13-9-4-3-8-12-19-20(22(26)16-21(19)25)17-24(31-2)32(28,29)15-14-18-10-6-5-7-11-18/h3,5-8,10-11,19-22,25-26H,4,9,12-17H2,1-2H3,(H,28,29)/b8-3-/t19?,20-,21+,22-/m0/s1. The minimum absolute atomic E-state index is 0.0288. The lowest BCUT2D eigenvalue weighted by molar-refractivity contribution is -0.140. The highest BCUT2D eigenvalue weighted by molar-refractivity contribution is 7.55. The summed E-state index contributed by atoms with van der Waals surface area (Å²) >= 11 is 0. The molecule has 0 heterocycles. The maximum absolute atomic E-state index is 13.0. The molecule has 2 rings (SSSR count). The fraction of sp³-hybridized carbons (Fsp3) is 0.609. The quantitative estimate of drug-likeness (QED) is 0.133. The molecule has 3 N–H and O–H groups in total. The van der Waals surface area contributed by atoms with Crippen LogP contribution in [0, 0.1) is 11.8 Å². The molecule has 1 saturated carbocycles. The first kappa shape index (κ1) is 26.7. The number of aliphatic hydroxyl groups is 2. The Morgan fingerprint density at radius 2 is 1.84 bits per heavy atom. The summed E-state index contributed by atoms with van der Waals surface area (Å²) in [7, 11) is -1.08. The molecule has 32 heavy (non-hydrogen) atoms. The molecule has 0 radical (unpaired) electrons. The number of hydroxylamine groups is 1. The van der Waals surface area contributed by atoms with Crippen molar-refractivity contribution >= 4 is 13.5 Å². The van der Waals surface area contributed by atoms with E-state index in [0.717, 1.165) is 10.4 Å². The molecule has 0 bridgehead atoms. The number of hydrogen-bond donors (Lipinski definition) is 3. The van der Waals surface area contributed by atoms with Crippen molar-refractivity contribution in [3.8, 4) is 0 Å². The number of aryl methyl sites for hydroxylation is 1. The Labute approximate surface area is 190 Å². The minimum atomic E-state index is -3.79. The van der Waals surface area contributed by atoms with E-state index in [0.29, 0.717) is 32.1 Å². The first-order valence-electron chi connectivity index (χ1n) is 11.0. The lowest BCUT2D eigenvalue weighted by Crippen LogP contribution is -2.34. The van der Waals surface area contributed by atoms with Crippen LogP contribution in [0.4, 0.5) is 0 Å². The molecule has 8 nitrogen and oxygen atoms in total. The van der Waals surface area contributed by atoms with Crippen LogP contribution in [0.25, 0.3) is 0 Å². The van der Waals surface area contributed by atoms with E-state index in [-0.39, 0.29) is 31.0 Å². The van der Waals surface area contributed by atoms with Crippen molar-refractivity contribution in [3.63, 3.8) is 0 Å². The summed E-state index contributed by atoms with van der Waals surface area (Å²) < 4.78 is 17.6. The highest BCUT2D eigenvalue weighted by Crippen LogP contribution is 2.48. The largest absolute Gasteiger partial charge is 0.469 e. The number of carbonyl (C=O) groups is 1.